The fourth-order valence-electron chi connectivity index (χ4n) is 3.82. The molecular weight excluding hydrogens is 282 g/mol. The van der Waals surface area contributed by atoms with Gasteiger partial charge in [0, 0.05) is 32.5 Å². The van der Waals surface area contributed by atoms with Crippen LogP contribution in [0.15, 0.2) is 12.4 Å². The summed E-state index contributed by atoms with van der Waals surface area (Å²) >= 11 is 0. The van der Waals surface area contributed by atoms with E-state index in [4.69, 9.17) is 4.74 Å². The van der Waals surface area contributed by atoms with E-state index in [1.54, 1.807) is 11.1 Å². The SMILES string of the molecule is Cn1ccnc1C1(O)CC2CN(C(=O)OC(C)(C)C)CC2C1. The number of nitrogens with zero attached hydrogens (tertiary/aromatic N) is 3. The van der Waals surface area contributed by atoms with Gasteiger partial charge in [0.15, 0.2) is 0 Å². The second-order valence-electron chi connectivity index (χ2n) is 7.71. The molecule has 2 heterocycles. The van der Waals surface area contributed by atoms with Gasteiger partial charge in [-0.3, -0.25) is 0 Å². The molecule has 1 aromatic heterocycles. The summed E-state index contributed by atoms with van der Waals surface area (Å²) in [6, 6.07) is 0. The number of carbonyl (C=O) groups excluding carboxylic acids is 1. The van der Waals surface area contributed by atoms with Crippen molar-refractivity contribution in [1.82, 2.24) is 14.5 Å². The lowest BCUT2D eigenvalue weighted by Crippen LogP contribution is -2.37. The van der Waals surface area contributed by atoms with Crippen molar-refractivity contribution in [1.29, 1.82) is 0 Å². The quantitative estimate of drug-likeness (QED) is 0.860. The number of aromatic nitrogens is 2. The number of carbonyl (C=O) groups is 1. The van der Waals surface area contributed by atoms with E-state index in [0.717, 1.165) is 5.82 Å². The summed E-state index contributed by atoms with van der Waals surface area (Å²) in [5.74, 6) is 1.36. The lowest BCUT2D eigenvalue weighted by atomic mass is 9.99. The van der Waals surface area contributed by atoms with E-state index in [1.807, 2.05) is 38.6 Å². The third kappa shape index (κ3) is 2.72. The number of aryl methyl sites for hydroxylation is 1. The van der Waals surface area contributed by atoms with Crippen molar-refractivity contribution in [2.75, 3.05) is 13.1 Å². The van der Waals surface area contributed by atoms with Gasteiger partial charge in [-0.2, -0.15) is 0 Å². The summed E-state index contributed by atoms with van der Waals surface area (Å²) in [7, 11) is 1.90. The molecule has 3 rings (SSSR count). The summed E-state index contributed by atoms with van der Waals surface area (Å²) < 4.78 is 7.32. The minimum atomic E-state index is -0.867. The van der Waals surface area contributed by atoms with E-state index in [9.17, 15) is 9.90 Å². The average molecular weight is 307 g/mol. The largest absolute Gasteiger partial charge is 0.444 e. The molecule has 0 aromatic carbocycles. The van der Waals surface area contributed by atoms with Crippen molar-refractivity contribution in [3.8, 4) is 0 Å². The van der Waals surface area contributed by atoms with Crippen LogP contribution in [0.5, 0.6) is 0 Å². The molecule has 1 saturated heterocycles. The number of hydrogen-bond acceptors (Lipinski definition) is 4. The smallest absolute Gasteiger partial charge is 0.410 e. The van der Waals surface area contributed by atoms with Crippen molar-refractivity contribution in [3.63, 3.8) is 0 Å². The Labute approximate surface area is 131 Å². The minimum Gasteiger partial charge on any atom is -0.444 e. The van der Waals surface area contributed by atoms with Gasteiger partial charge in [-0.15, -0.1) is 0 Å². The first-order valence-corrected chi connectivity index (χ1v) is 7.86. The predicted molar refractivity (Wildman–Crippen MR) is 81.1 cm³/mol. The second kappa shape index (κ2) is 4.98. The molecule has 1 aromatic rings. The van der Waals surface area contributed by atoms with Crippen LogP contribution in [0, 0.1) is 11.8 Å². The molecule has 1 saturated carbocycles. The van der Waals surface area contributed by atoms with E-state index in [-0.39, 0.29) is 6.09 Å². The lowest BCUT2D eigenvalue weighted by molar-refractivity contribution is 0.00992. The van der Waals surface area contributed by atoms with Crippen LogP contribution in [0.3, 0.4) is 0 Å². The number of imidazole rings is 1. The Bertz CT molecular complexity index is 561. The van der Waals surface area contributed by atoms with Crippen molar-refractivity contribution >= 4 is 6.09 Å². The molecule has 2 aliphatic rings. The van der Waals surface area contributed by atoms with Crippen LogP contribution in [0.2, 0.25) is 0 Å². The molecule has 1 N–H and O–H groups in total. The molecule has 122 valence electrons. The molecule has 2 fully saturated rings. The van der Waals surface area contributed by atoms with Gasteiger partial charge >= 0.3 is 6.09 Å². The number of rotatable bonds is 1. The molecule has 0 spiro atoms. The van der Waals surface area contributed by atoms with Crippen LogP contribution in [0.1, 0.15) is 39.4 Å². The summed E-state index contributed by atoms with van der Waals surface area (Å²) in [6.07, 6.45) is 4.63. The van der Waals surface area contributed by atoms with Crippen LogP contribution in [0.4, 0.5) is 4.79 Å². The molecule has 0 radical (unpaired) electrons. The fraction of sp³-hybridized carbons (Fsp3) is 0.750. The Balaban J connectivity index is 1.66. The van der Waals surface area contributed by atoms with Gasteiger partial charge in [-0.25, -0.2) is 9.78 Å². The highest BCUT2D eigenvalue weighted by atomic mass is 16.6. The number of amides is 1. The molecule has 1 amide bonds. The zero-order chi connectivity index (χ0) is 16.1. The fourth-order valence-corrected chi connectivity index (χ4v) is 3.82. The molecule has 0 bridgehead atoms. The molecule has 6 nitrogen and oxygen atoms in total. The van der Waals surface area contributed by atoms with Crippen molar-refractivity contribution < 1.29 is 14.6 Å². The number of fused-ring (bicyclic) bond motifs is 1. The maximum absolute atomic E-state index is 12.2. The summed E-state index contributed by atoms with van der Waals surface area (Å²) in [4.78, 5) is 18.2. The van der Waals surface area contributed by atoms with Crippen LogP contribution in [-0.4, -0.2) is 44.3 Å². The van der Waals surface area contributed by atoms with Crippen LogP contribution in [-0.2, 0) is 17.4 Å². The minimum absolute atomic E-state index is 0.248. The van der Waals surface area contributed by atoms with E-state index < -0.39 is 11.2 Å². The Morgan fingerprint density at radius 1 is 1.36 bits per heavy atom. The zero-order valence-electron chi connectivity index (χ0n) is 13.7. The standard InChI is InChI=1S/C16H25N3O3/c1-15(2,3)22-14(20)19-9-11-7-16(21,8-12(11)10-19)13-17-5-6-18(13)4/h5-6,11-12,21H,7-10H2,1-4H3. The highest BCUT2D eigenvalue weighted by molar-refractivity contribution is 5.68. The zero-order valence-corrected chi connectivity index (χ0v) is 13.7. The normalized spacial score (nSPS) is 31.4. The Morgan fingerprint density at radius 3 is 2.41 bits per heavy atom. The number of ether oxygens (including phenoxy) is 1. The topological polar surface area (TPSA) is 67.6 Å². The monoisotopic (exact) mass is 307 g/mol. The third-order valence-corrected chi connectivity index (χ3v) is 4.67. The van der Waals surface area contributed by atoms with Gasteiger partial charge in [0.25, 0.3) is 0 Å². The second-order valence-corrected chi connectivity index (χ2v) is 7.71. The van der Waals surface area contributed by atoms with Gasteiger partial charge < -0.3 is 19.3 Å². The van der Waals surface area contributed by atoms with Gasteiger partial charge in [-0.05, 0) is 45.4 Å². The molecule has 2 unspecified atom stereocenters. The molecule has 22 heavy (non-hydrogen) atoms. The third-order valence-electron chi connectivity index (χ3n) is 4.67. The molecule has 2 atom stereocenters. The van der Waals surface area contributed by atoms with Crippen LogP contribution < -0.4 is 0 Å². The highest BCUT2D eigenvalue weighted by Gasteiger charge is 2.52. The van der Waals surface area contributed by atoms with E-state index in [0.29, 0.717) is 37.8 Å². The van der Waals surface area contributed by atoms with Crippen molar-refractivity contribution in [3.05, 3.63) is 18.2 Å². The van der Waals surface area contributed by atoms with Gasteiger partial charge in [-0.1, -0.05) is 0 Å². The molecule has 1 aliphatic heterocycles. The van der Waals surface area contributed by atoms with Crippen molar-refractivity contribution in [2.45, 2.75) is 44.8 Å². The summed E-state index contributed by atoms with van der Waals surface area (Å²) in [6.45, 7) is 6.95. The number of hydrogen-bond donors (Lipinski definition) is 1. The van der Waals surface area contributed by atoms with E-state index in [2.05, 4.69) is 4.98 Å². The average Bonchev–Trinajstić information content (AvgIpc) is 3.00. The lowest BCUT2D eigenvalue weighted by Gasteiger charge is -2.27. The molecule has 1 aliphatic carbocycles. The van der Waals surface area contributed by atoms with E-state index in [1.165, 1.54) is 0 Å². The maximum atomic E-state index is 12.2. The van der Waals surface area contributed by atoms with Gasteiger partial charge in [0.2, 0.25) is 0 Å². The Hall–Kier alpha value is -1.56. The van der Waals surface area contributed by atoms with Gasteiger partial charge in [0.05, 0.1) is 0 Å². The van der Waals surface area contributed by atoms with E-state index >= 15 is 0 Å². The predicted octanol–water partition coefficient (Wildman–Crippen LogP) is 1.88. The first-order chi connectivity index (χ1) is 10.2. The maximum Gasteiger partial charge on any atom is 0.410 e. The molecular formula is C16H25N3O3. The number of aliphatic hydroxyl groups is 1. The van der Waals surface area contributed by atoms with Gasteiger partial charge in [0.1, 0.15) is 17.0 Å². The summed E-state index contributed by atoms with van der Waals surface area (Å²) in [5.41, 5.74) is -1.34. The Morgan fingerprint density at radius 2 is 1.95 bits per heavy atom. The van der Waals surface area contributed by atoms with Crippen LogP contribution >= 0.6 is 0 Å². The number of likely N-dealkylation sites (tertiary alicyclic amines) is 1. The highest BCUT2D eigenvalue weighted by Crippen LogP contribution is 2.48. The van der Waals surface area contributed by atoms with Crippen molar-refractivity contribution in [2.24, 2.45) is 18.9 Å². The molecule has 6 heteroatoms. The van der Waals surface area contributed by atoms with Crippen LogP contribution in [0.25, 0.3) is 0 Å². The first-order valence-electron chi connectivity index (χ1n) is 7.86. The first kappa shape index (κ1) is 15.3. The Kier molecular flexibility index (Phi) is 3.47. The summed E-state index contributed by atoms with van der Waals surface area (Å²) in [5, 5.41) is 10.9.